The molecule has 0 heterocycles. The second kappa shape index (κ2) is 3.66. The van der Waals surface area contributed by atoms with E-state index in [2.05, 4.69) is 15.0 Å². The Morgan fingerprint density at radius 2 is 2.25 bits per heavy atom. The first-order valence-electron chi connectivity index (χ1n) is 2.49. The first-order valence-corrected chi connectivity index (χ1v) is 3.20. The summed E-state index contributed by atoms with van der Waals surface area (Å²) in [5.74, 6) is -0.189. The summed E-state index contributed by atoms with van der Waals surface area (Å²) in [6.45, 7) is 3.59. The average molecular weight is 129 g/mol. The minimum absolute atomic E-state index is 0.0219. The predicted molar refractivity (Wildman–Crippen MR) is 31.6 cm³/mol. The van der Waals surface area contributed by atoms with E-state index in [1.54, 1.807) is 13.8 Å². The minimum Gasteiger partial charge on any atom is -0.470 e. The van der Waals surface area contributed by atoms with Crippen LogP contribution < -0.4 is 0 Å². The third-order valence-corrected chi connectivity index (χ3v) is 0.830. The van der Waals surface area contributed by atoms with Gasteiger partial charge in [-0.25, -0.2) is 0 Å². The van der Waals surface area contributed by atoms with E-state index in [0.29, 0.717) is 0 Å². The molecule has 0 aromatic heterocycles. The summed E-state index contributed by atoms with van der Waals surface area (Å²) in [5.41, 5.74) is 0. The van der Waals surface area contributed by atoms with Crippen molar-refractivity contribution in [1.82, 2.24) is 0 Å². The van der Waals surface area contributed by atoms with E-state index in [-0.39, 0.29) is 18.1 Å². The number of carbonyl (C=O) groups is 1. The summed E-state index contributed by atoms with van der Waals surface area (Å²) in [7, 11) is 3.02. The topological polar surface area (TPSA) is 26.3 Å². The molecule has 45 valence electrons. The van der Waals surface area contributed by atoms with E-state index in [9.17, 15) is 4.79 Å². The fourth-order valence-corrected chi connectivity index (χ4v) is 0.380. The van der Waals surface area contributed by atoms with Crippen molar-refractivity contribution in [1.29, 1.82) is 0 Å². The first kappa shape index (κ1) is 7.69. The molecule has 0 fully saturated rings. The second-order valence-electron chi connectivity index (χ2n) is 1.76. The van der Waals surface area contributed by atoms with Gasteiger partial charge in [0.05, 0.1) is 22.4 Å². The molecule has 3 radical (unpaired) electrons. The van der Waals surface area contributed by atoms with Crippen molar-refractivity contribution in [2.24, 2.45) is 5.92 Å². The van der Waals surface area contributed by atoms with Crippen molar-refractivity contribution in [3.8, 4) is 0 Å². The molecule has 0 rings (SSSR count). The zero-order valence-corrected chi connectivity index (χ0v) is 6.10. The average Bonchev–Trinajstić information content (AvgIpc) is 1.67. The number of rotatable bonds is 2. The fourth-order valence-electron chi connectivity index (χ4n) is 0.238. The van der Waals surface area contributed by atoms with E-state index >= 15 is 0 Å². The molecule has 0 aliphatic heterocycles. The van der Waals surface area contributed by atoms with Crippen LogP contribution in [0.5, 0.6) is 0 Å². The molecule has 0 amide bonds. The first-order chi connectivity index (χ1) is 3.68. The molecule has 0 aromatic carbocycles. The molecule has 0 spiro atoms. The van der Waals surface area contributed by atoms with E-state index in [4.69, 9.17) is 0 Å². The van der Waals surface area contributed by atoms with Crippen molar-refractivity contribution in [3.05, 3.63) is 0 Å². The predicted octanol–water partition coefficient (Wildman–Crippen LogP) is 0.312. The summed E-state index contributed by atoms with van der Waals surface area (Å²) < 4.78 is 4.58. The molecule has 0 bridgehead atoms. The molecule has 0 unspecified atom stereocenters. The number of carbonyl (C=O) groups excluding carboxylic acids is 1. The Morgan fingerprint density at radius 1 is 1.75 bits per heavy atom. The van der Waals surface area contributed by atoms with Crippen molar-refractivity contribution in [2.45, 2.75) is 13.8 Å². The maximum atomic E-state index is 10.5. The van der Waals surface area contributed by atoms with Crippen LogP contribution in [0.2, 0.25) is 0 Å². The Morgan fingerprint density at radius 3 is 2.38 bits per heavy atom. The van der Waals surface area contributed by atoms with Crippen LogP contribution in [0.3, 0.4) is 0 Å². The van der Waals surface area contributed by atoms with Gasteiger partial charge in [0.1, 0.15) is 0 Å². The SMILES string of the molecule is CC(C)C(=O)OC[Si]. The highest BCUT2D eigenvalue weighted by Gasteiger charge is 2.04. The Labute approximate surface area is 52.6 Å². The van der Waals surface area contributed by atoms with Gasteiger partial charge in [0.15, 0.2) is 0 Å². The number of hydrogen-bond acceptors (Lipinski definition) is 2. The fraction of sp³-hybridized carbons (Fsp3) is 0.800. The zero-order valence-electron chi connectivity index (χ0n) is 5.10. The monoisotopic (exact) mass is 129 g/mol. The molecule has 0 aliphatic rings. The lowest BCUT2D eigenvalue weighted by Crippen LogP contribution is -2.11. The summed E-state index contributed by atoms with van der Waals surface area (Å²) >= 11 is 0. The van der Waals surface area contributed by atoms with Crippen LogP contribution in [-0.4, -0.2) is 22.4 Å². The molecular formula is C5H9O2Si. The zero-order chi connectivity index (χ0) is 6.57. The van der Waals surface area contributed by atoms with Gasteiger partial charge in [0.25, 0.3) is 0 Å². The Balaban J connectivity index is 3.33. The van der Waals surface area contributed by atoms with E-state index < -0.39 is 0 Å². The van der Waals surface area contributed by atoms with Gasteiger partial charge in [-0.3, -0.25) is 4.79 Å². The van der Waals surface area contributed by atoms with Gasteiger partial charge in [0.2, 0.25) is 0 Å². The summed E-state index contributed by atoms with van der Waals surface area (Å²) in [6, 6.07) is 0. The number of ether oxygens (including phenoxy) is 1. The van der Waals surface area contributed by atoms with Gasteiger partial charge >= 0.3 is 5.97 Å². The van der Waals surface area contributed by atoms with Crippen LogP contribution in [0.15, 0.2) is 0 Å². The van der Waals surface area contributed by atoms with Gasteiger partial charge in [-0.15, -0.1) is 0 Å². The van der Waals surface area contributed by atoms with Gasteiger partial charge in [-0.2, -0.15) is 0 Å². The maximum Gasteiger partial charge on any atom is 0.308 e. The summed E-state index contributed by atoms with van der Waals surface area (Å²) in [6.07, 6.45) is 0.289. The molecule has 0 atom stereocenters. The molecule has 0 saturated carbocycles. The Kier molecular flexibility index (Phi) is 3.52. The molecule has 0 aromatic rings. The maximum absolute atomic E-state index is 10.5. The standard InChI is InChI=1S/C5H9O2Si/c1-4(2)5(6)7-3-8/h4H,3H2,1-2H3. The Bertz CT molecular complexity index is 80.5. The summed E-state index contributed by atoms with van der Waals surface area (Å²) in [4.78, 5) is 10.5. The second-order valence-corrected chi connectivity index (χ2v) is 2.05. The van der Waals surface area contributed by atoms with Crippen LogP contribution in [0, 0.1) is 5.92 Å². The normalized spacial score (nSPS) is 9.50. The third kappa shape index (κ3) is 2.79. The van der Waals surface area contributed by atoms with E-state index in [0.717, 1.165) is 0 Å². The van der Waals surface area contributed by atoms with E-state index in [1.165, 1.54) is 0 Å². The van der Waals surface area contributed by atoms with Crippen LogP contribution in [0.25, 0.3) is 0 Å². The van der Waals surface area contributed by atoms with Gasteiger partial charge in [0, 0.05) is 0 Å². The molecule has 3 heteroatoms. The van der Waals surface area contributed by atoms with Gasteiger partial charge in [-0.1, -0.05) is 13.8 Å². The van der Waals surface area contributed by atoms with Crippen LogP contribution >= 0.6 is 0 Å². The van der Waals surface area contributed by atoms with Crippen LogP contribution in [0.4, 0.5) is 0 Å². The molecule has 0 N–H and O–H groups in total. The Hall–Kier alpha value is -0.313. The molecule has 0 aliphatic carbocycles. The molecule has 0 saturated heterocycles. The smallest absolute Gasteiger partial charge is 0.308 e. The van der Waals surface area contributed by atoms with Crippen molar-refractivity contribution >= 4 is 16.2 Å². The number of hydrogen-bond donors (Lipinski definition) is 0. The van der Waals surface area contributed by atoms with Crippen molar-refractivity contribution in [3.63, 3.8) is 0 Å². The van der Waals surface area contributed by atoms with Crippen molar-refractivity contribution < 1.29 is 9.53 Å². The molecule has 2 nitrogen and oxygen atoms in total. The lowest BCUT2D eigenvalue weighted by Gasteiger charge is -2.01. The summed E-state index contributed by atoms with van der Waals surface area (Å²) in [5, 5.41) is 0. The van der Waals surface area contributed by atoms with Crippen LogP contribution in [0.1, 0.15) is 13.8 Å². The lowest BCUT2D eigenvalue weighted by atomic mass is 10.2. The largest absolute Gasteiger partial charge is 0.470 e. The van der Waals surface area contributed by atoms with Crippen LogP contribution in [-0.2, 0) is 9.53 Å². The minimum atomic E-state index is -0.167. The highest BCUT2D eigenvalue weighted by molar-refractivity contribution is 6.08. The highest BCUT2D eigenvalue weighted by atomic mass is 28.1. The van der Waals surface area contributed by atoms with E-state index in [1.807, 2.05) is 0 Å². The third-order valence-electron chi connectivity index (χ3n) is 0.686. The molecular weight excluding hydrogens is 120 g/mol. The highest BCUT2D eigenvalue weighted by Crippen LogP contribution is 1.93. The number of esters is 1. The van der Waals surface area contributed by atoms with Gasteiger partial charge < -0.3 is 4.74 Å². The lowest BCUT2D eigenvalue weighted by molar-refractivity contribution is -0.145. The molecule has 8 heavy (non-hydrogen) atoms. The quantitative estimate of drug-likeness (QED) is 0.396. The van der Waals surface area contributed by atoms with Gasteiger partial charge in [-0.05, 0) is 0 Å². The van der Waals surface area contributed by atoms with Crippen molar-refractivity contribution in [2.75, 3.05) is 6.23 Å².